The van der Waals surface area contributed by atoms with Gasteiger partial charge in [-0.05, 0) is 62.5 Å². The van der Waals surface area contributed by atoms with Crippen molar-refractivity contribution in [3.8, 4) is 0 Å². The van der Waals surface area contributed by atoms with E-state index in [4.69, 9.17) is 14.9 Å². The lowest BCUT2D eigenvalue weighted by Crippen LogP contribution is -2.26. The summed E-state index contributed by atoms with van der Waals surface area (Å²) in [7, 11) is -6.89. The molecule has 1 unspecified atom stereocenters. The Morgan fingerprint density at radius 3 is 1.25 bits per heavy atom. The van der Waals surface area contributed by atoms with Gasteiger partial charge in [-0.1, -0.05) is 130 Å². The molecular weight excluding hydrogens is 878 g/mol. The van der Waals surface area contributed by atoms with Gasteiger partial charge in [-0.15, -0.1) is 25.5 Å². The van der Waals surface area contributed by atoms with Gasteiger partial charge in [-0.2, -0.15) is 10.0 Å². The molecule has 4 N–H and O–H groups in total. The maximum absolute atomic E-state index is 10.9. The average Bonchev–Trinajstić information content (AvgIpc) is 3.82. The monoisotopic (exact) mass is 965 g/mol. The number of carbonyl (C=O) groups excluding carboxylic acids is 3. The van der Waals surface area contributed by atoms with Crippen LogP contribution in [0.3, 0.4) is 0 Å². The predicted molar refractivity (Wildman–Crippen MR) is 257 cm³/mol. The molecule has 3 rings (SSSR count). The van der Waals surface area contributed by atoms with Crippen LogP contribution in [-0.4, -0.2) is 132 Å². The second kappa shape index (κ2) is 26.6. The Labute approximate surface area is 390 Å². The quantitative estimate of drug-likeness (QED) is 0.172. The third-order valence-corrected chi connectivity index (χ3v) is 13.0. The predicted octanol–water partition coefficient (Wildman–Crippen LogP) is 6.01. The Bertz CT molecular complexity index is 2000. The molecule has 0 saturated carbocycles. The van der Waals surface area contributed by atoms with Crippen LogP contribution in [0.25, 0.3) is 0 Å². The number of aromatic amines is 1. The summed E-state index contributed by atoms with van der Waals surface area (Å²) in [6.45, 7) is 46.0. The summed E-state index contributed by atoms with van der Waals surface area (Å²) in [6, 6.07) is 0. The van der Waals surface area contributed by atoms with Crippen molar-refractivity contribution in [3.63, 3.8) is 0 Å². The summed E-state index contributed by atoms with van der Waals surface area (Å²) in [5, 5.41) is 52.5. The molecule has 0 aliphatic rings. The standard InChI is InChI=1S/2C8H14N4O.C6H12O.C5H10N4.C5H13O2P.C5H12O2S.C4H11BO2/c1-6(13)5-12-7(8(2,3)4)9-10-11-12;1-6(13)5-12-10-7(9-11-12)8(2,3)4;1-5(7)6(2,3)4;1-5(2,3)4-6-8-9-7-4;2*1-5(2,3)8(4,6)7;1-4(2,3)5(6)7/h2*5H2,1-4H3;1-4H3;1-3H3,(H,6,7,8,9);1-4H3,(H,6,7);1-4H3;6-7H,1-3H3. The van der Waals surface area contributed by atoms with E-state index in [1.807, 2.05) is 83.1 Å². The van der Waals surface area contributed by atoms with Crippen molar-refractivity contribution in [2.45, 2.75) is 211 Å². The number of sulfone groups is 1. The molecule has 24 heteroatoms. The van der Waals surface area contributed by atoms with E-state index in [1.165, 1.54) is 31.6 Å². The van der Waals surface area contributed by atoms with Crippen LogP contribution in [0.4, 0.5) is 0 Å². The summed E-state index contributed by atoms with van der Waals surface area (Å²) in [6.07, 6.45) is 1.24. The Hall–Kier alpha value is -3.66. The number of rotatable bonds is 4. The molecule has 0 spiro atoms. The van der Waals surface area contributed by atoms with E-state index in [0.29, 0.717) is 5.82 Å². The highest BCUT2D eigenvalue weighted by Gasteiger charge is 2.29. The number of hydrogen-bond acceptors (Lipinski definition) is 17. The molecule has 0 saturated heterocycles. The van der Waals surface area contributed by atoms with Crippen LogP contribution in [0.15, 0.2) is 0 Å². The Morgan fingerprint density at radius 2 is 1.05 bits per heavy atom. The molecular formula is C41H86BN12O9PS. The number of hydrogen-bond donors (Lipinski definition) is 4. The van der Waals surface area contributed by atoms with Gasteiger partial charge in [0.05, 0.1) is 4.75 Å². The number of aromatic nitrogens is 12. The Kier molecular flexibility index (Phi) is 27.8. The molecule has 0 aliphatic carbocycles. The number of Topliss-reactive ketones (excluding diaryl/α,β-unsaturated/α-hetero) is 3. The first kappa shape index (κ1) is 67.9. The first-order chi connectivity index (χ1) is 28.3. The molecule has 0 aromatic carbocycles. The van der Waals surface area contributed by atoms with Crippen LogP contribution in [0.1, 0.15) is 184 Å². The van der Waals surface area contributed by atoms with E-state index in [1.54, 1.807) is 73.9 Å². The summed E-state index contributed by atoms with van der Waals surface area (Å²) in [5.41, 5.74) is -0.374. The number of nitrogens with zero attached hydrogens (tertiary/aromatic N) is 11. The smallest absolute Gasteiger partial charge is 0.427 e. The topological polar surface area (TPSA) is 305 Å². The number of ketones is 3. The molecule has 3 aromatic rings. The zero-order chi connectivity index (χ0) is 53.2. The highest BCUT2D eigenvalue weighted by Crippen LogP contribution is 2.49. The molecule has 0 aliphatic heterocycles. The highest BCUT2D eigenvalue weighted by atomic mass is 32.2. The van der Waals surface area contributed by atoms with E-state index in [9.17, 15) is 27.4 Å². The first-order valence-electron chi connectivity index (χ1n) is 20.9. The molecule has 378 valence electrons. The fourth-order valence-electron chi connectivity index (χ4n) is 2.35. The lowest BCUT2D eigenvalue weighted by molar-refractivity contribution is -0.124. The molecule has 0 amide bonds. The maximum Gasteiger partial charge on any atom is 0.457 e. The summed E-state index contributed by atoms with van der Waals surface area (Å²) < 4.78 is 33.1. The molecule has 3 aromatic heterocycles. The normalized spacial score (nSPS) is 13.0. The number of H-pyrrole nitrogens is 1. The van der Waals surface area contributed by atoms with Crippen molar-refractivity contribution >= 4 is 41.7 Å². The van der Waals surface area contributed by atoms with Gasteiger partial charge in [-0.25, -0.2) is 13.1 Å². The van der Waals surface area contributed by atoms with E-state index in [2.05, 4.69) is 51.6 Å². The van der Waals surface area contributed by atoms with Crippen LogP contribution in [-0.2, 0) is 58.1 Å². The van der Waals surface area contributed by atoms with E-state index in [-0.39, 0.29) is 57.4 Å². The van der Waals surface area contributed by atoms with Gasteiger partial charge in [0.2, 0.25) is 7.37 Å². The van der Waals surface area contributed by atoms with Crippen molar-refractivity contribution in [2.75, 3.05) is 12.9 Å². The third-order valence-electron chi connectivity index (χ3n) is 8.27. The summed E-state index contributed by atoms with van der Waals surface area (Å²) in [4.78, 5) is 42.3. The molecule has 0 bridgehead atoms. The summed E-state index contributed by atoms with van der Waals surface area (Å²) in [5.74, 6) is 2.47. The van der Waals surface area contributed by atoms with E-state index >= 15 is 0 Å². The van der Waals surface area contributed by atoms with Gasteiger partial charge >= 0.3 is 7.12 Å². The lowest BCUT2D eigenvalue weighted by atomic mass is 9.62. The van der Waals surface area contributed by atoms with Crippen LogP contribution in [0.5, 0.6) is 0 Å². The SMILES string of the molecule is CC(=O)C(C)(C)C.CC(=O)Cn1nnc(C(C)(C)C)n1.CC(=O)Cn1nnnc1C(C)(C)C.CC(C)(C)B(O)O.CC(C)(C)P(C)(=O)O.CC(C)(C)S(C)(=O)=O.CC(C)(C)c1nn[nH]n1. The minimum absolute atomic E-state index is 0.00694. The first-order valence-corrected chi connectivity index (χ1v) is 24.9. The van der Waals surface area contributed by atoms with Gasteiger partial charge in [0.1, 0.15) is 18.9 Å². The van der Waals surface area contributed by atoms with Crippen molar-refractivity contribution in [1.29, 1.82) is 0 Å². The van der Waals surface area contributed by atoms with Gasteiger partial charge in [0.25, 0.3) is 0 Å². The van der Waals surface area contributed by atoms with Gasteiger partial charge in [0, 0.05) is 39.7 Å². The fourth-order valence-corrected chi connectivity index (χ4v) is 2.35. The van der Waals surface area contributed by atoms with Crippen molar-refractivity contribution in [3.05, 3.63) is 17.5 Å². The molecule has 0 radical (unpaired) electrons. The zero-order valence-corrected chi connectivity index (χ0v) is 46.3. The van der Waals surface area contributed by atoms with Crippen LogP contribution in [0.2, 0.25) is 5.31 Å². The third kappa shape index (κ3) is 33.5. The Balaban J connectivity index is -0.000000340. The molecule has 21 nitrogen and oxygen atoms in total. The van der Waals surface area contributed by atoms with Crippen molar-refractivity contribution in [1.82, 2.24) is 61.0 Å². The molecule has 0 fully saturated rings. The largest absolute Gasteiger partial charge is 0.457 e. The van der Waals surface area contributed by atoms with Crippen LogP contribution >= 0.6 is 7.37 Å². The van der Waals surface area contributed by atoms with E-state index < -0.39 is 34.2 Å². The van der Waals surface area contributed by atoms with Crippen molar-refractivity contribution < 1.29 is 42.3 Å². The van der Waals surface area contributed by atoms with Crippen molar-refractivity contribution in [2.24, 2.45) is 5.41 Å². The van der Waals surface area contributed by atoms with Crippen LogP contribution < -0.4 is 0 Å². The molecule has 1 atom stereocenters. The van der Waals surface area contributed by atoms with E-state index in [0.717, 1.165) is 11.6 Å². The number of carbonyl (C=O) groups is 3. The van der Waals surface area contributed by atoms with Crippen LogP contribution in [0, 0.1) is 5.41 Å². The fraction of sp³-hybridized carbons (Fsp3) is 0.854. The molecule has 3 heterocycles. The lowest BCUT2D eigenvalue weighted by Gasteiger charge is -2.21. The van der Waals surface area contributed by atoms with Gasteiger partial charge in [0.15, 0.2) is 38.9 Å². The Morgan fingerprint density at radius 1 is 0.677 bits per heavy atom. The number of nitrogens with one attached hydrogen (secondary N) is 1. The highest BCUT2D eigenvalue weighted by molar-refractivity contribution is 7.92. The second-order valence-electron chi connectivity index (χ2n) is 22.7. The van der Waals surface area contributed by atoms with Gasteiger partial charge < -0.3 is 14.9 Å². The van der Waals surface area contributed by atoms with Gasteiger partial charge in [-0.3, -0.25) is 18.9 Å². The molecule has 65 heavy (non-hydrogen) atoms. The maximum atomic E-state index is 10.9. The second-order valence-corrected chi connectivity index (χ2v) is 28.5. The summed E-state index contributed by atoms with van der Waals surface area (Å²) >= 11 is 0. The minimum Gasteiger partial charge on any atom is -0.427 e. The minimum atomic E-state index is -2.85. The number of tetrazole rings is 3. The zero-order valence-electron chi connectivity index (χ0n) is 44.6. The average molecular weight is 965 g/mol.